The first-order chi connectivity index (χ1) is 10.0. The molecule has 0 N–H and O–H groups in total. The summed E-state index contributed by atoms with van der Waals surface area (Å²) in [5.41, 5.74) is 0.316. The summed E-state index contributed by atoms with van der Waals surface area (Å²) >= 11 is 0. The maximum Gasteiger partial charge on any atom is 0.254 e. The average Bonchev–Trinajstić information content (AvgIpc) is 2.47. The van der Waals surface area contributed by atoms with E-state index in [4.69, 9.17) is 0 Å². The lowest BCUT2D eigenvalue weighted by Crippen LogP contribution is -2.52. The first kappa shape index (κ1) is 15.4. The average molecular weight is 290 g/mol. The topological polar surface area (TPSA) is 60.2 Å². The number of rotatable bonds is 3. The zero-order chi connectivity index (χ0) is 15.4. The third-order valence-electron chi connectivity index (χ3n) is 3.73. The van der Waals surface area contributed by atoms with Crippen molar-refractivity contribution in [3.05, 3.63) is 29.8 Å². The zero-order valence-corrected chi connectivity index (χ0v) is 12.3. The molecule has 0 aromatic carbocycles. The van der Waals surface area contributed by atoms with Gasteiger partial charge in [-0.1, -0.05) is 13.8 Å². The molecular formula is C15H19FN4O. The van der Waals surface area contributed by atoms with Gasteiger partial charge in [0.1, 0.15) is 6.04 Å². The van der Waals surface area contributed by atoms with Crippen molar-refractivity contribution in [3.8, 4) is 6.07 Å². The Bertz CT molecular complexity index is 547. The Hall–Kier alpha value is -2.00. The van der Waals surface area contributed by atoms with Crippen molar-refractivity contribution in [2.45, 2.75) is 19.9 Å². The maximum atomic E-state index is 13.1. The van der Waals surface area contributed by atoms with Crippen LogP contribution in [0.15, 0.2) is 18.3 Å². The van der Waals surface area contributed by atoms with Crippen LogP contribution in [0.5, 0.6) is 0 Å². The standard InChI is InChI=1S/C15H19FN4O/c1-11(2)13(10-17)19-5-7-20(8-6-19)15(21)12-3-4-18-14(16)9-12/h3-4,9,11,13H,5-8H2,1-2H3. The molecule has 1 aliphatic rings. The number of nitriles is 1. The summed E-state index contributed by atoms with van der Waals surface area (Å²) in [5.74, 6) is -0.579. The molecule has 5 nitrogen and oxygen atoms in total. The molecule has 1 saturated heterocycles. The fraction of sp³-hybridized carbons (Fsp3) is 0.533. The van der Waals surface area contributed by atoms with Crippen LogP contribution in [-0.4, -0.2) is 52.9 Å². The lowest BCUT2D eigenvalue weighted by Gasteiger charge is -2.38. The molecule has 0 radical (unpaired) electrons. The first-order valence-electron chi connectivity index (χ1n) is 7.07. The third kappa shape index (κ3) is 3.56. The van der Waals surface area contributed by atoms with Gasteiger partial charge in [0.25, 0.3) is 5.91 Å². The Labute approximate surface area is 124 Å². The second kappa shape index (κ2) is 6.64. The summed E-state index contributed by atoms with van der Waals surface area (Å²) in [7, 11) is 0. The molecule has 0 bridgehead atoms. The van der Waals surface area contributed by atoms with E-state index in [0.717, 1.165) is 6.07 Å². The van der Waals surface area contributed by atoms with Crippen molar-refractivity contribution in [2.24, 2.45) is 5.92 Å². The Balaban J connectivity index is 1.98. The van der Waals surface area contributed by atoms with E-state index in [0.29, 0.717) is 31.7 Å². The molecule has 2 heterocycles. The van der Waals surface area contributed by atoms with E-state index in [-0.39, 0.29) is 17.9 Å². The second-order valence-corrected chi connectivity index (χ2v) is 5.51. The first-order valence-corrected chi connectivity index (χ1v) is 7.07. The van der Waals surface area contributed by atoms with Gasteiger partial charge < -0.3 is 4.90 Å². The van der Waals surface area contributed by atoms with E-state index < -0.39 is 5.95 Å². The number of hydrogen-bond donors (Lipinski definition) is 0. The van der Waals surface area contributed by atoms with Crippen LogP contribution in [0.1, 0.15) is 24.2 Å². The number of pyridine rings is 1. The normalized spacial score (nSPS) is 17.6. The summed E-state index contributed by atoms with van der Waals surface area (Å²) in [4.78, 5) is 19.5. The van der Waals surface area contributed by atoms with Gasteiger partial charge in [-0.15, -0.1) is 0 Å². The summed E-state index contributed by atoms with van der Waals surface area (Å²) in [5, 5.41) is 9.21. The van der Waals surface area contributed by atoms with Crippen LogP contribution in [0.4, 0.5) is 4.39 Å². The number of piperazine rings is 1. The van der Waals surface area contributed by atoms with Crippen molar-refractivity contribution in [2.75, 3.05) is 26.2 Å². The van der Waals surface area contributed by atoms with Gasteiger partial charge in [0, 0.05) is 44.0 Å². The van der Waals surface area contributed by atoms with Crippen molar-refractivity contribution < 1.29 is 9.18 Å². The van der Waals surface area contributed by atoms with Gasteiger partial charge in [-0.25, -0.2) is 4.98 Å². The van der Waals surface area contributed by atoms with E-state index in [9.17, 15) is 14.4 Å². The van der Waals surface area contributed by atoms with Gasteiger partial charge in [0.15, 0.2) is 0 Å². The van der Waals surface area contributed by atoms with Gasteiger partial charge in [-0.05, 0) is 12.0 Å². The molecule has 1 amide bonds. The van der Waals surface area contributed by atoms with Gasteiger partial charge in [-0.3, -0.25) is 9.69 Å². The molecule has 1 unspecified atom stereocenters. The summed E-state index contributed by atoms with van der Waals surface area (Å²) in [6, 6.07) is 4.87. The number of amides is 1. The molecule has 6 heteroatoms. The molecule has 1 fully saturated rings. The molecule has 0 aliphatic carbocycles. The van der Waals surface area contributed by atoms with Crippen molar-refractivity contribution >= 4 is 5.91 Å². The molecule has 21 heavy (non-hydrogen) atoms. The molecule has 0 saturated carbocycles. The quantitative estimate of drug-likeness (QED) is 0.792. The molecule has 1 aromatic rings. The third-order valence-corrected chi connectivity index (χ3v) is 3.73. The maximum absolute atomic E-state index is 13.1. The van der Waals surface area contributed by atoms with E-state index in [1.54, 1.807) is 4.90 Å². The molecule has 1 atom stereocenters. The SMILES string of the molecule is CC(C)C(C#N)N1CCN(C(=O)c2ccnc(F)c2)CC1. The lowest BCUT2D eigenvalue weighted by atomic mass is 10.0. The Morgan fingerprint density at radius 3 is 2.57 bits per heavy atom. The Kier molecular flexibility index (Phi) is 4.86. The summed E-state index contributed by atoms with van der Waals surface area (Å²) in [6.45, 7) is 6.46. The van der Waals surface area contributed by atoms with Crippen molar-refractivity contribution in [1.29, 1.82) is 5.26 Å². The van der Waals surface area contributed by atoms with Crippen LogP contribution < -0.4 is 0 Å². The van der Waals surface area contributed by atoms with Crippen LogP contribution in [0.2, 0.25) is 0 Å². The lowest BCUT2D eigenvalue weighted by molar-refractivity contribution is 0.0576. The number of halogens is 1. The van der Waals surface area contributed by atoms with Gasteiger partial charge >= 0.3 is 0 Å². The second-order valence-electron chi connectivity index (χ2n) is 5.51. The molecule has 112 valence electrons. The van der Waals surface area contributed by atoms with Crippen LogP contribution in [0.25, 0.3) is 0 Å². The minimum absolute atomic E-state index is 0.124. The highest BCUT2D eigenvalue weighted by Gasteiger charge is 2.28. The monoisotopic (exact) mass is 290 g/mol. The molecule has 1 aromatic heterocycles. The molecule has 1 aliphatic heterocycles. The fourth-order valence-corrected chi connectivity index (χ4v) is 2.57. The van der Waals surface area contributed by atoms with Gasteiger partial charge in [-0.2, -0.15) is 9.65 Å². The smallest absolute Gasteiger partial charge is 0.254 e. The number of carbonyl (C=O) groups is 1. The Morgan fingerprint density at radius 1 is 1.38 bits per heavy atom. The van der Waals surface area contributed by atoms with E-state index in [1.807, 2.05) is 13.8 Å². The highest BCUT2D eigenvalue weighted by atomic mass is 19.1. The molecular weight excluding hydrogens is 271 g/mol. The van der Waals surface area contributed by atoms with Crippen molar-refractivity contribution in [1.82, 2.24) is 14.8 Å². The van der Waals surface area contributed by atoms with Gasteiger partial charge in [0.2, 0.25) is 5.95 Å². The van der Waals surface area contributed by atoms with Crippen LogP contribution in [-0.2, 0) is 0 Å². The van der Waals surface area contributed by atoms with E-state index in [2.05, 4.69) is 16.0 Å². The predicted molar refractivity (Wildman–Crippen MR) is 75.9 cm³/mol. The van der Waals surface area contributed by atoms with Crippen LogP contribution >= 0.6 is 0 Å². The minimum atomic E-state index is -0.649. The molecule has 0 spiro atoms. The fourth-order valence-electron chi connectivity index (χ4n) is 2.57. The summed E-state index contributed by atoms with van der Waals surface area (Å²) < 4.78 is 13.1. The van der Waals surface area contributed by atoms with E-state index >= 15 is 0 Å². The van der Waals surface area contributed by atoms with Crippen LogP contribution in [0, 0.1) is 23.2 Å². The van der Waals surface area contributed by atoms with Gasteiger partial charge in [0.05, 0.1) is 6.07 Å². The highest BCUT2D eigenvalue weighted by Crippen LogP contribution is 2.15. The largest absolute Gasteiger partial charge is 0.336 e. The van der Waals surface area contributed by atoms with Crippen molar-refractivity contribution in [3.63, 3.8) is 0 Å². The number of hydrogen-bond acceptors (Lipinski definition) is 4. The summed E-state index contributed by atoms with van der Waals surface area (Å²) in [6.07, 6.45) is 1.29. The van der Waals surface area contributed by atoms with Crippen LogP contribution in [0.3, 0.4) is 0 Å². The predicted octanol–water partition coefficient (Wildman–Crippen LogP) is 1.53. The number of nitrogens with zero attached hydrogens (tertiary/aromatic N) is 4. The minimum Gasteiger partial charge on any atom is -0.336 e. The molecule has 2 rings (SSSR count). The number of aromatic nitrogens is 1. The highest BCUT2D eigenvalue weighted by molar-refractivity contribution is 5.94. The van der Waals surface area contributed by atoms with E-state index in [1.165, 1.54) is 12.3 Å². The number of carbonyl (C=O) groups excluding carboxylic acids is 1. The Morgan fingerprint density at radius 2 is 2.05 bits per heavy atom. The zero-order valence-electron chi connectivity index (χ0n) is 12.3.